The van der Waals surface area contributed by atoms with Crippen LogP contribution in [0, 0.1) is 0 Å². The zero-order chi connectivity index (χ0) is 22.0. The van der Waals surface area contributed by atoms with Gasteiger partial charge in [-0.05, 0) is 44.4 Å². The van der Waals surface area contributed by atoms with Crippen molar-refractivity contribution in [1.82, 2.24) is 19.7 Å². The number of nitrogens with one attached hydrogen (secondary N) is 2. The van der Waals surface area contributed by atoms with Crippen LogP contribution in [-0.4, -0.2) is 37.5 Å². The molecule has 0 aliphatic carbocycles. The van der Waals surface area contributed by atoms with E-state index in [1.54, 1.807) is 18.2 Å². The molecule has 0 amide bonds. The van der Waals surface area contributed by atoms with E-state index in [9.17, 15) is 5.11 Å². The molecule has 9 heteroatoms. The molecular weight excluding hydrogens is 402 g/mol. The van der Waals surface area contributed by atoms with Gasteiger partial charge in [-0.1, -0.05) is 32.4 Å². The Labute approximate surface area is 181 Å². The number of halogens is 1. The topological polar surface area (TPSA) is 114 Å². The predicted molar refractivity (Wildman–Crippen MR) is 124 cm³/mol. The van der Waals surface area contributed by atoms with Gasteiger partial charge in [0.25, 0.3) is 0 Å². The summed E-state index contributed by atoms with van der Waals surface area (Å²) in [6.45, 7) is 10.3. The minimum atomic E-state index is -0.139. The SMILES string of the molecule is CCC(CO)Nc1nc(Nc2cc(N)cc(Cl)c2)c2c(n1)c(C(C)C)nn2C(C)C. The minimum Gasteiger partial charge on any atom is -0.399 e. The zero-order valence-corrected chi connectivity index (χ0v) is 18.8. The largest absolute Gasteiger partial charge is 0.399 e. The van der Waals surface area contributed by atoms with Crippen LogP contribution >= 0.6 is 11.6 Å². The number of aliphatic hydroxyl groups excluding tert-OH is 1. The van der Waals surface area contributed by atoms with E-state index in [0.717, 1.165) is 28.8 Å². The van der Waals surface area contributed by atoms with Crippen molar-refractivity contribution in [3.8, 4) is 0 Å². The number of rotatable bonds is 8. The maximum atomic E-state index is 9.61. The highest BCUT2D eigenvalue weighted by atomic mass is 35.5. The van der Waals surface area contributed by atoms with Crippen LogP contribution in [0.2, 0.25) is 5.02 Å². The van der Waals surface area contributed by atoms with Gasteiger partial charge in [0.05, 0.1) is 18.3 Å². The van der Waals surface area contributed by atoms with Crippen molar-refractivity contribution in [3.63, 3.8) is 0 Å². The minimum absolute atomic E-state index is 0.00617. The lowest BCUT2D eigenvalue weighted by molar-refractivity contribution is 0.271. The molecule has 162 valence electrons. The monoisotopic (exact) mass is 431 g/mol. The highest BCUT2D eigenvalue weighted by Crippen LogP contribution is 2.33. The second-order valence-corrected chi connectivity index (χ2v) is 8.44. The van der Waals surface area contributed by atoms with Gasteiger partial charge >= 0.3 is 0 Å². The molecule has 0 bridgehead atoms. The first-order valence-electron chi connectivity index (χ1n) is 10.2. The van der Waals surface area contributed by atoms with Gasteiger partial charge < -0.3 is 21.5 Å². The molecule has 3 aromatic rings. The third-order valence-corrected chi connectivity index (χ3v) is 5.05. The summed E-state index contributed by atoms with van der Waals surface area (Å²) < 4.78 is 1.94. The van der Waals surface area contributed by atoms with Crippen molar-refractivity contribution in [1.29, 1.82) is 0 Å². The summed E-state index contributed by atoms with van der Waals surface area (Å²) in [6, 6.07) is 5.26. The molecule has 8 nitrogen and oxygen atoms in total. The highest BCUT2D eigenvalue weighted by molar-refractivity contribution is 6.31. The molecular formula is C21H30ClN7O. The number of aliphatic hydroxyl groups is 1. The summed E-state index contributed by atoms with van der Waals surface area (Å²) in [5.41, 5.74) is 9.74. The van der Waals surface area contributed by atoms with Gasteiger partial charge in [0.1, 0.15) is 11.0 Å². The molecule has 1 atom stereocenters. The number of benzene rings is 1. The van der Waals surface area contributed by atoms with Gasteiger partial charge in [-0.2, -0.15) is 10.1 Å². The van der Waals surface area contributed by atoms with Gasteiger partial charge in [0.15, 0.2) is 5.82 Å². The molecule has 0 aliphatic rings. The van der Waals surface area contributed by atoms with Gasteiger partial charge in [0, 0.05) is 22.4 Å². The van der Waals surface area contributed by atoms with E-state index in [0.29, 0.717) is 22.5 Å². The number of nitrogens with zero attached hydrogens (tertiary/aromatic N) is 4. The molecule has 1 unspecified atom stereocenters. The Balaban J connectivity index is 2.22. The van der Waals surface area contributed by atoms with Crippen molar-refractivity contribution in [2.45, 2.75) is 59.0 Å². The van der Waals surface area contributed by atoms with Crippen molar-refractivity contribution >= 4 is 45.8 Å². The summed E-state index contributed by atoms with van der Waals surface area (Å²) in [5, 5.41) is 21.5. The molecule has 0 saturated carbocycles. The molecule has 2 aromatic heterocycles. The fourth-order valence-corrected chi connectivity index (χ4v) is 3.50. The zero-order valence-electron chi connectivity index (χ0n) is 18.1. The Kier molecular flexibility index (Phi) is 6.67. The maximum Gasteiger partial charge on any atom is 0.225 e. The second-order valence-electron chi connectivity index (χ2n) is 8.00. The van der Waals surface area contributed by atoms with E-state index in [2.05, 4.69) is 38.3 Å². The quantitative estimate of drug-likeness (QED) is 0.382. The lowest BCUT2D eigenvalue weighted by atomic mass is 10.1. The summed E-state index contributed by atoms with van der Waals surface area (Å²) >= 11 is 6.19. The van der Waals surface area contributed by atoms with E-state index in [1.807, 2.05) is 11.6 Å². The van der Waals surface area contributed by atoms with E-state index in [-0.39, 0.29) is 24.6 Å². The molecule has 0 fully saturated rings. The van der Waals surface area contributed by atoms with Crippen LogP contribution < -0.4 is 16.4 Å². The summed E-state index contributed by atoms with van der Waals surface area (Å²) in [5.74, 6) is 1.22. The van der Waals surface area contributed by atoms with Gasteiger partial charge in [-0.25, -0.2) is 4.98 Å². The summed E-state index contributed by atoms with van der Waals surface area (Å²) in [7, 11) is 0. The number of nitrogens with two attached hydrogens (primary N) is 1. The maximum absolute atomic E-state index is 9.61. The molecule has 1 aromatic carbocycles. The molecule has 0 aliphatic heterocycles. The van der Waals surface area contributed by atoms with Gasteiger partial charge in [-0.3, -0.25) is 4.68 Å². The average molecular weight is 432 g/mol. The van der Waals surface area contributed by atoms with Crippen LogP contribution in [0.5, 0.6) is 0 Å². The number of hydrogen-bond acceptors (Lipinski definition) is 7. The molecule has 3 rings (SSSR count). The van der Waals surface area contributed by atoms with Crippen LogP contribution in [0.3, 0.4) is 0 Å². The Morgan fingerprint density at radius 2 is 1.90 bits per heavy atom. The van der Waals surface area contributed by atoms with Crippen LogP contribution in [-0.2, 0) is 0 Å². The first kappa shape index (κ1) is 22.1. The molecule has 30 heavy (non-hydrogen) atoms. The molecule has 0 spiro atoms. The number of fused-ring (bicyclic) bond motifs is 1. The third kappa shape index (κ3) is 4.60. The Morgan fingerprint density at radius 3 is 2.47 bits per heavy atom. The second kappa shape index (κ2) is 9.06. The summed E-state index contributed by atoms with van der Waals surface area (Å²) in [4.78, 5) is 9.48. The first-order valence-corrected chi connectivity index (χ1v) is 10.6. The molecule has 2 heterocycles. The molecule has 5 N–H and O–H groups in total. The average Bonchev–Trinajstić information content (AvgIpc) is 3.05. The molecule has 0 radical (unpaired) electrons. The number of aromatic nitrogens is 4. The van der Waals surface area contributed by atoms with E-state index in [1.165, 1.54) is 0 Å². The van der Waals surface area contributed by atoms with E-state index < -0.39 is 0 Å². The summed E-state index contributed by atoms with van der Waals surface area (Å²) in [6.07, 6.45) is 0.744. The number of nitrogen functional groups attached to an aromatic ring is 1. The van der Waals surface area contributed by atoms with Crippen LogP contribution in [0.1, 0.15) is 58.7 Å². The van der Waals surface area contributed by atoms with Crippen LogP contribution in [0.25, 0.3) is 11.0 Å². The number of hydrogen-bond donors (Lipinski definition) is 4. The predicted octanol–water partition coefficient (Wildman–Crippen LogP) is 4.69. The Hall–Kier alpha value is -2.58. The normalized spacial score (nSPS) is 12.7. The van der Waals surface area contributed by atoms with Crippen molar-refractivity contribution < 1.29 is 5.11 Å². The van der Waals surface area contributed by atoms with E-state index in [4.69, 9.17) is 32.4 Å². The number of anilines is 4. The standard InChI is InChI=1S/C21H30ClN7O/c1-6-15(10-30)25-21-26-18-17(11(2)3)28-29(12(4)5)19(18)20(27-21)24-16-8-13(22)7-14(23)9-16/h7-9,11-12,15,30H,6,10,23H2,1-5H3,(H2,24,25,26,27). The first-order chi connectivity index (χ1) is 14.2. The van der Waals surface area contributed by atoms with Crippen molar-refractivity contribution in [2.24, 2.45) is 0 Å². The Morgan fingerprint density at radius 1 is 1.17 bits per heavy atom. The van der Waals surface area contributed by atoms with E-state index >= 15 is 0 Å². The Bertz CT molecular complexity index is 1010. The highest BCUT2D eigenvalue weighted by Gasteiger charge is 2.22. The third-order valence-electron chi connectivity index (χ3n) is 4.84. The lowest BCUT2D eigenvalue weighted by Crippen LogP contribution is -2.24. The van der Waals surface area contributed by atoms with Gasteiger partial charge in [-0.15, -0.1) is 0 Å². The van der Waals surface area contributed by atoms with Crippen molar-refractivity contribution in [3.05, 3.63) is 28.9 Å². The fraction of sp³-hybridized carbons (Fsp3) is 0.476. The fourth-order valence-electron chi connectivity index (χ4n) is 3.26. The lowest BCUT2D eigenvalue weighted by Gasteiger charge is -2.17. The smallest absolute Gasteiger partial charge is 0.225 e. The van der Waals surface area contributed by atoms with Crippen LogP contribution in [0.15, 0.2) is 18.2 Å². The van der Waals surface area contributed by atoms with Crippen molar-refractivity contribution in [2.75, 3.05) is 23.0 Å². The van der Waals surface area contributed by atoms with Crippen LogP contribution in [0.4, 0.5) is 23.1 Å². The molecule has 0 saturated heterocycles. The van der Waals surface area contributed by atoms with Gasteiger partial charge in [0.2, 0.25) is 5.95 Å².